The van der Waals surface area contributed by atoms with Crippen LogP contribution in [0.15, 0.2) is 4.99 Å². The van der Waals surface area contributed by atoms with Crippen LogP contribution >= 0.6 is 0 Å². The number of hydrogen-bond acceptors (Lipinski definition) is 6. The Morgan fingerprint density at radius 2 is 1.93 bits per heavy atom. The molecule has 3 fully saturated rings. The molecule has 1 amide bonds. The summed E-state index contributed by atoms with van der Waals surface area (Å²) in [6.45, 7) is 6.49. The van der Waals surface area contributed by atoms with Gasteiger partial charge in [0, 0.05) is 59.7 Å². The second-order valence-electron chi connectivity index (χ2n) is 8.24. The lowest BCUT2D eigenvalue weighted by molar-refractivity contribution is -0.186. The van der Waals surface area contributed by atoms with E-state index in [2.05, 4.69) is 20.5 Å². The highest BCUT2D eigenvalue weighted by atomic mass is 16.7. The molecule has 1 aliphatic carbocycles. The van der Waals surface area contributed by atoms with E-state index < -0.39 is 0 Å². The molecule has 1 spiro atoms. The third-order valence-electron chi connectivity index (χ3n) is 5.72. The summed E-state index contributed by atoms with van der Waals surface area (Å²) in [4.78, 5) is 20.3. The molecule has 0 aromatic heterocycles. The molecular formula is C20H37N5O4. The zero-order chi connectivity index (χ0) is 20.5. The molecule has 9 heteroatoms. The molecular weight excluding hydrogens is 374 g/mol. The summed E-state index contributed by atoms with van der Waals surface area (Å²) in [6.07, 6.45) is 5.58. The number of amides is 1. The van der Waals surface area contributed by atoms with Crippen LogP contribution < -0.4 is 10.6 Å². The fraction of sp³-hybridized carbons (Fsp3) is 0.900. The first-order chi connectivity index (χ1) is 14.1. The van der Waals surface area contributed by atoms with Crippen molar-refractivity contribution in [3.05, 3.63) is 0 Å². The topological polar surface area (TPSA) is 87.7 Å². The van der Waals surface area contributed by atoms with E-state index in [0.29, 0.717) is 19.1 Å². The largest absolute Gasteiger partial charge is 0.379 e. The fourth-order valence-electron chi connectivity index (χ4n) is 3.90. The zero-order valence-corrected chi connectivity index (χ0v) is 18.0. The van der Waals surface area contributed by atoms with Crippen LogP contribution in [0, 0.1) is 0 Å². The van der Waals surface area contributed by atoms with Gasteiger partial charge in [-0.25, -0.2) is 4.99 Å². The minimum atomic E-state index is -0.368. The summed E-state index contributed by atoms with van der Waals surface area (Å²) < 4.78 is 17.6. The molecule has 9 nitrogen and oxygen atoms in total. The molecule has 0 bridgehead atoms. The van der Waals surface area contributed by atoms with Gasteiger partial charge in [0.25, 0.3) is 0 Å². The molecule has 1 unspecified atom stereocenters. The minimum absolute atomic E-state index is 0.00361. The highest BCUT2D eigenvalue weighted by Crippen LogP contribution is 2.37. The van der Waals surface area contributed by atoms with Gasteiger partial charge in [0.05, 0.1) is 19.8 Å². The Hall–Kier alpha value is -1.42. The first kappa shape index (κ1) is 22.3. The number of carbonyl (C=O) groups is 1. The molecule has 0 aromatic carbocycles. The van der Waals surface area contributed by atoms with E-state index in [1.165, 1.54) is 19.3 Å². The van der Waals surface area contributed by atoms with Crippen LogP contribution in [-0.2, 0) is 19.0 Å². The van der Waals surface area contributed by atoms with Crippen LogP contribution in [0.1, 0.15) is 32.1 Å². The summed E-state index contributed by atoms with van der Waals surface area (Å²) in [5.74, 6) is 0.245. The monoisotopic (exact) mass is 411 g/mol. The number of carbonyl (C=O) groups excluding carboxylic acids is 1. The molecule has 29 heavy (non-hydrogen) atoms. The quantitative estimate of drug-likeness (QED) is 0.451. The molecule has 2 N–H and O–H groups in total. The Morgan fingerprint density at radius 3 is 2.66 bits per heavy atom. The van der Waals surface area contributed by atoms with Gasteiger partial charge in [0.15, 0.2) is 11.7 Å². The molecule has 166 valence electrons. The highest BCUT2D eigenvalue weighted by Gasteiger charge is 2.42. The number of guanidine groups is 1. The Labute approximate surface area is 174 Å². The smallest absolute Gasteiger partial charge is 0.243 e. The number of rotatable bonds is 7. The van der Waals surface area contributed by atoms with Crippen molar-refractivity contribution in [3.8, 4) is 0 Å². The summed E-state index contributed by atoms with van der Waals surface area (Å²) in [7, 11) is 3.48. The average Bonchev–Trinajstić information content (AvgIpc) is 3.12. The maximum absolute atomic E-state index is 11.9. The van der Waals surface area contributed by atoms with Crippen molar-refractivity contribution in [2.75, 3.05) is 73.2 Å². The van der Waals surface area contributed by atoms with Crippen molar-refractivity contribution in [1.29, 1.82) is 0 Å². The highest BCUT2D eigenvalue weighted by molar-refractivity contribution is 5.84. The molecule has 2 heterocycles. The van der Waals surface area contributed by atoms with Gasteiger partial charge in [-0.1, -0.05) is 6.42 Å². The van der Waals surface area contributed by atoms with Crippen molar-refractivity contribution in [1.82, 2.24) is 20.4 Å². The Bertz CT molecular complexity index is 545. The first-order valence-electron chi connectivity index (χ1n) is 10.9. The van der Waals surface area contributed by atoms with E-state index in [1.54, 1.807) is 19.0 Å². The van der Waals surface area contributed by atoms with Crippen LogP contribution in [0.5, 0.6) is 0 Å². The normalized spacial score (nSPS) is 25.2. The second kappa shape index (κ2) is 11.1. The minimum Gasteiger partial charge on any atom is -0.379 e. The lowest BCUT2D eigenvalue weighted by Crippen LogP contribution is -2.46. The van der Waals surface area contributed by atoms with Crippen molar-refractivity contribution in [2.24, 2.45) is 4.99 Å². The number of nitrogens with zero attached hydrogens (tertiary/aromatic N) is 3. The van der Waals surface area contributed by atoms with Crippen LogP contribution in [0.2, 0.25) is 0 Å². The number of nitrogens with one attached hydrogen (secondary N) is 2. The van der Waals surface area contributed by atoms with Gasteiger partial charge in [0.2, 0.25) is 5.91 Å². The van der Waals surface area contributed by atoms with E-state index in [0.717, 1.165) is 52.2 Å². The average molecular weight is 412 g/mol. The molecule has 3 rings (SSSR count). The van der Waals surface area contributed by atoms with Gasteiger partial charge in [-0.15, -0.1) is 0 Å². The standard InChI is InChI=1S/C20H37N5O4/c1-24(2)18(26)15-23-19(21-8-9-25-10-12-27-13-11-25)22-14-17-16-28-20(29-17)6-4-3-5-7-20/h17H,3-16H2,1-2H3,(H2,21,22,23). The Balaban J connectivity index is 1.46. The number of ether oxygens (including phenoxy) is 3. The first-order valence-corrected chi connectivity index (χ1v) is 10.9. The van der Waals surface area contributed by atoms with Gasteiger partial charge >= 0.3 is 0 Å². The van der Waals surface area contributed by atoms with Crippen molar-refractivity contribution < 1.29 is 19.0 Å². The van der Waals surface area contributed by atoms with Crippen molar-refractivity contribution >= 4 is 11.9 Å². The van der Waals surface area contributed by atoms with Gasteiger partial charge in [-0.05, 0) is 12.8 Å². The third kappa shape index (κ3) is 7.09. The van der Waals surface area contributed by atoms with Gasteiger partial charge in [0.1, 0.15) is 12.6 Å². The van der Waals surface area contributed by atoms with E-state index >= 15 is 0 Å². The van der Waals surface area contributed by atoms with E-state index in [4.69, 9.17) is 14.2 Å². The van der Waals surface area contributed by atoms with Gasteiger partial charge in [-0.2, -0.15) is 0 Å². The third-order valence-corrected chi connectivity index (χ3v) is 5.72. The molecule has 1 atom stereocenters. The SMILES string of the molecule is CN(C)C(=O)CN=C(NCCN1CCOCC1)NCC1COC2(CCCCC2)O1. The lowest BCUT2D eigenvalue weighted by atomic mass is 9.94. The number of morpholine rings is 1. The van der Waals surface area contributed by atoms with Crippen LogP contribution in [0.4, 0.5) is 0 Å². The molecule has 2 saturated heterocycles. The zero-order valence-electron chi connectivity index (χ0n) is 18.0. The van der Waals surface area contributed by atoms with E-state index in [-0.39, 0.29) is 24.3 Å². The van der Waals surface area contributed by atoms with Gasteiger partial charge in [-0.3, -0.25) is 9.69 Å². The summed E-state index contributed by atoms with van der Waals surface area (Å²) in [5.41, 5.74) is 0. The van der Waals surface area contributed by atoms with Gasteiger partial charge < -0.3 is 29.7 Å². The number of aliphatic imine (C=N–C) groups is 1. The predicted octanol–water partition coefficient (Wildman–Crippen LogP) is 0.0178. The molecule has 0 aromatic rings. The molecule has 1 saturated carbocycles. The summed E-state index contributed by atoms with van der Waals surface area (Å²) >= 11 is 0. The summed E-state index contributed by atoms with van der Waals surface area (Å²) in [5, 5.41) is 6.68. The molecule has 2 aliphatic heterocycles. The number of likely N-dealkylation sites (N-methyl/N-ethyl adjacent to an activating group) is 1. The van der Waals surface area contributed by atoms with Crippen molar-refractivity contribution in [3.63, 3.8) is 0 Å². The fourth-order valence-corrected chi connectivity index (χ4v) is 3.90. The lowest BCUT2D eigenvalue weighted by Gasteiger charge is -2.31. The van der Waals surface area contributed by atoms with Crippen LogP contribution in [0.25, 0.3) is 0 Å². The second-order valence-corrected chi connectivity index (χ2v) is 8.24. The maximum Gasteiger partial charge on any atom is 0.243 e. The van der Waals surface area contributed by atoms with Crippen LogP contribution in [-0.4, -0.2) is 107 Å². The van der Waals surface area contributed by atoms with E-state index in [9.17, 15) is 4.79 Å². The summed E-state index contributed by atoms with van der Waals surface area (Å²) in [6, 6.07) is 0. The van der Waals surface area contributed by atoms with Crippen molar-refractivity contribution in [2.45, 2.75) is 44.0 Å². The van der Waals surface area contributed by atoms with Crippen LogP contribution in [0.3, 0.4) is 0 Å². The predicted molar refractivity (Wildman–Crippen MR) is 111 cm³/mol. The van der Waals surface area contributed by atoms with E-state index in [1.807, 2.05) is 0 Å². The maximum atomic E-state index is 11.9. The Kier molecular flexibility index (Phi) is 8.53. The molecule has 0 radical (unpaired) electrons. The number of hydrogen-bond donors (Lipinski definition) is 2. The molecule has 3 aliphatic rings. The Morgan fingerprint density at radius 1 is 1.17 bits per heavy atom.